The molecule has 0 spiro atoms. The molecule has 2 nitrogen and oxygen atoms in total. The van der Waals surface area contributed by atoms with Gasteiger partial charge in [-0.15, -0.1) is 0 Å². The van der Waals surface area contributed by atoms with Crippen molar-refractivity contribution in [3.05, 3.63) is 82.5 Å². The Hall–Kier alpha value is -2.71. The maximum Gasteiger partial charge on any atom is 0.431 e. The fourth-order valence-corrected chi connectivity index (χ4v) is 2.84. The lowest BCUT2D eigenvalue weighted by molar-refractivity contribution is -0.143. The standard InChI is InChI=1S/C19H12ClF3N2/c20-16-8-6-14(7-9-16)18-15(11-24)10-17(19(21,22)23)25(18)12-13-4-2-1-3-5-13/h1-10H,12H2. The average Bonchev–Trinajstić information content (AvgIpc) is 2.95. The lowest BCUT2D eigenvalue weighted by Gasteiger charge is -2.16. The van der Waals surface area contributed by atoms with Gasteiger partial charge >= 0.3 is 6.18 Å². The molecule has 0 amide bonds. The number of halogens is 4. The molecule has 0 aliphatic heterocycles. The van der Waals surface area contributed by atoms with Crippen LogP contribution in [0, 0.1) is 11.3 Å². The minimum absolute atomic E-state index is 0.00925. The van der Waals surface area contributed by atoms with Gasteiger partial charge in [0.2, 0.25) is 0 Å². The van der Waals surface area contributed by atoms with Crippen LogP contribution < -0.4 is 0 Å². The molecule has 0 aliphatic rings. The smallest absolute Gasteiger partial charge is 0.331 e. The summed E-state index contributed by atoms with van der Waals surface area (Å²) in [4.78, 5) is 0. The minimum atomic E-state index is -4.56. The molecule has 25 heavy (non-hydrogen) atoms. The highest BCUT2D eigenvalue weighted by molar-refractivity contribution is 6.30. The van der Waals surface area contributed by atoms with Crippen molar-refractivity contribution in [2.24, 2.45) is 0 Å². The molecule has 3 rings (SSSR count). The molecule has 126 valence electrons. The third kappa shape index (κ3) is 3.54. The second-order valence-electron chi connectivity index (χ2n) is 5.48. The van der Waals surface area contributed by atoms with E-state index in [4.69, 9.17) is 11.6 Å². The number of rotatable bonds is 3. The van der Waals surface area contributed by atoms with Gasteiger partial charge in [-0.3, -0.25) is 0 Å². The molecule has 1 heterocycles. The number of hydrogen-bond acceptors (Lipinski definition) is 1. The highest BCUT2D eigenvalue weighted by Crippen LogP contribution is 2.37. The zero-order valence-corrected chi connectivity index (χ0v) is 13.6. The van der Waals surface area contributed by atoms with Gasteiger partial charge in [0.25, 0.3) is 0 Å². The molecule has 0 unspecified atom stereocenters. The van der Waals surface area contributed by atoms with Crippen molar-refractivity contribution in [2.45, 2.75) is 12.7 Å². The molecule has 2 aromatic carbocycles. The Labute approximate surface area is 147 Å². The molecular weight excluding hydrogens is 349 g/mol. The van der Waals surface area contributed by atoms with E-state index in [1.54, 1.807) is 54.6 Å². The fraction of sp³-hybridized carbons (Fsp3) is 0.105. The van der Waals surface area contributed by atoms with Crippen molar-refractivity contribution in [2.75, 3.05) is 0 Å². The predicted octanol–water partition coefficient (Wildman–Crippen LogP) is 5.75. The molecule has 0 atom stereocenters. The molecule has 0 fully saturated rings. The number of alkyl halides is 3. The van der Waals surface area contributed by atoms with Crippen LogP contribution >= 0.6 is 11.6 Å². The van der Waals surface area contributed by atoms with Gasteiger partial charge in [-0.2, -0.15) is 18.4 Å². The largest absolute Gasteiger partial charge is 0.431 e. The van der Waals surface area contributed by atoms with Crippen LogP contribution in [0.5, 0.6) is 0 Å². The Morgan fingerprint density at radius 2 is 1.64 bits per heavy atom. The van der Waals surface area contributed by atoms with Crippen molar-refractivity contribution in [3.63, 3.8) is 0 Å². The van der Waals surface area contributed by atoms with Crippen molar-refractivity contribution in [1.82, 2.24) is 4.57 Å². The number of nitriles is 1. The summed E-state index contributed by atoms with van der Waals surface area (Å²) in [7, 11) is 0. The van der Waals surface area contributed by atoms with Crippen molar-refractivity contribution in [1.29, 1.82) is 5.26 Å². The van der Waals surface area contributed by atoms with E-state index in [-0.39, 0.29) is 17.8 Å². The Morgan fingerprint density at radius 3 is 2.20 bits per heavy atom. The third-order valence-corrected chi connectivity index (χ3v) is 4.06. The van der Waals surface area contributed by atoms with E-state index >= 15 is 0 Å². The van der Waals surface area contributed by atoms with Crippen LogP contribution in [-0.2, 0) is 12.7 Å². The van der Waals surface area contributed by atoms with E-state index in [2.05, 4.69) is 0 Å². The fourth-order valence-electron chi connectivity index (χ4n) is 2.72. The average molecular weight is 361 g/mol. The van der Waals surface area contributed by atoms with Gasteiger partial charge in [-0.1, -0.05) is 54.1 Å². The van der Waals surface area contributed by atoms with E-state index in [0.29, 0.717) is 16.1 Å². The van der Waals surface area contributed by atoms with Gasteiger partial charge in [0.15, 0.2) is 0 Å². The summed E-state index contributed by atoms with van der Waals surface area (Å²) in [6, 6.07) is 18.0. The molecule has 0 aliphatic carbocycles. The van der Waals surface area contributed by atoms with Crippen LogP contribution in [0.3, 0.4) is 0 Å². The highest BCUT2D eigenvalue weighted by Gasteiger charge is 2.37. The SMILES string of the molecule is N#Cc1cc(C(F)(F)F)n(Cc2ccccc2)c1-c1ccc(Cl)cc1. The maximum atomic E-state index is 13.5. The Bertz CT molecular complexity index is 920. The number of benzene rings is 2. The monoisotopic (exact) mass is 360 g/mol. The first-order chi connectivity index (χ1) is 11.9. The lowest BCUT2D eigenvalue weighted by atomic mass is 10.1. The molecule has 0 bridgehead atoms. The lowest BCUT2D eigenvalue weighted by Crippen LogP contribution is -2.15. The number of aromatic nitrogens is 1. The summed E-state index contributed by atoms with van der Waals surface area (Å²) in [5, 5.41) is 9.82. The minimum Gasteiger partial charge on any atom is -0.331 e. The Morgan fingerprint density at radius 1 is 1.00 bits per heavy atom. The molecule has 0 saturated carbocycles. The van der Waals surface area contributed by atoms with Gasteiger partial charge in [0, 0.05) is 11.6 Å². The zero-order valence-electron chi connectivity index (χ0n) is 12.9. The van der Waals surface area contributed by atoms with Crippen molar-refractivity contribution >= 4 is 11.6 Å². The molecule has 0 N–H and O–H groups in total. The summed E-state index contributed by atoms with van der Waals surface area (Å²) >= 11 is 5.87. The predicted molar refractivity (Wildman–Crippen MR) is 90.1 cm³/mol. The van der Waals surface area contributed by atoms with Crippen LogP contribution in [0.2, 0.25) is 5.02 Å². The van der Waals surface area contributed by atoms with E-state index in [0.717, 1.165) is 10.6 Å². The number of nitrogens with zero attached hydrogens (tertiary/aromatic N) is 2. The van der Waals surface area contributed by atoms with Crippen molar-refractivity contribution in [3.8, 4) is 17.3 Å². The van der Waals surface area contributed by atoms with Crippen LogP contribution in [-0.4, -0.2) is 4.57 Å². The van der Waals surface area contributed by atoms with Crippen molar-refractivity contribution < 1.29 is 13.2 Å². The van der Waals surface area contributed by atoms with E-state index in [1.165, 1.54) is 0 Å². The first kappa shape index (κ1) is 17.1. The zero-order chi connectivity index (χ0) is 18.0. The first-order valence-electron chi connectivity index (χ1n) is 7.41. The van der Waals surface area contributed by atoms with E-state index in [1.807, 2.05) is 6.07 Å². The molecular formula is C19H12ClF3N2. The molecule has 0 radical (unpaired) electrons. The normalized spacial score (nSPS) is 11.3. The Kier molecular flexibility index (Phi) is 4.56. The summed E-state index contributed by atoms with van der Waals surface area (Å²) in [6.07, 6.45) is -4.56. The summed E-state index contributed by atoms with van der Waals surface area (Å²) in [5.41, 5.74) is 0.578. The second kappa shape index (κ2) is 6.66. The van der Waals surface area contributed by atoms with Crippen LogP contribution in [0.25, 0.3) is 11.3 Å². The maximum absolute atomic E-state index is 13.5. The highest BCUT2D eigenvalue weighted by atomic mass is 35.5. The Balaban J connectivity index is 2.23. The molecule has 3 aromatic rings. The summed E-state index contributed by atoms with van der Waals surface area (Å²) in [5.74, 6) is 0. The van der Waals surface area contributed by atoms with Gasteiger partial charge in [-0.25, -0.2) is 0 Å². The first-order valence-corrected chi connectivity index (χ1v) is 7.78. The molecule has 0 saturated heterocycles. The van der Waals surface area contributed by atoms with Gasteiger partial charge in [0.05, 0.1) is 11.3 Å². The van der Waals surface area contributed by atoms with E-state index < -0.39 is 11.9 Å². The van der Waals surface area contributed by atoms with Gasteiger partial charge in [0.1, 0.15) is 11.8 Å². The molecule has 6 heteroatoms. The summed E-state index contributed by atoms with van der Waals surface area (Å²) < 4.78 is 41.7. The topological polar surface area (TPSA) is 28.7 Å². The van der Waals surface area contributed by atoms with Crippen LogP contribution in [0.4, 0.5) is 13.2 Å². The summed E-state index contributed by atoms with van der Waals surface area (Å²) in [6.45, 7) is 0.00925. The van der Waals surface area contributed by atoms with Gasteiger partial charge < -0.3 is 4.57 Å². The van der Waals surface area contributed by atoms with E-state index in [9.17, 15) is 18.4 Å². The second-order valence-corrected chi connectivity index (χ2v) is 5.92. The quantitative estimate of drug-likeness (QED) is 0.584. The number of hydrogen-bond donors (Lipinski definition) is 0. The van der Waals surface area contributed by atoms with Gasteiger partial charge in [-0.05, 0) is 29.3 Å². The third-order valence-electron chi connectivity index (χ3n) is 3.81. The van der Waals surface area contributed by atoms with Crippen LogP contribution in [0.1, 0.15) is 16.8 Å². The van der Waals surface area contributed by atoms with Crippen LogP contribution in [0.15, 0.2) is 60.7 Å². The molecule has 1 aromatic heterocycles.